The molecule has 1 aromatic heterocycles. The Morgan fingerprint density at radius 3 is 2.69 bits per heavy atom. The van der Waals surface area contributed by atoms with Gasteiger partial charge in [0, 0.05) is 25.2 Å². The van der Waals surface area contributed by atoms with E-state index >= 15 is 0 Å². The van der Waals surface area contributed by atoms with Crippen LogP contribution in [-0.2, 0) is 5.41 Å². The Morgan fingerprint density at radius 2 is 2.31 bits per heavy atom. The number of rotatable bonds is 2. The predicted octanol–water partition coefficient (Wildman–Crippen LogP) is 1.76. The smallest absolute Gasteiger partial charge is 0.185 e. The lowest BCUT2D eigenvalue weighted by atomic mass is 10.1. The quantitative estimate of drug-likeness (QED) is 0.718. The lowest BCUT2D eigenvalue weighted by Crippen LogP contribution is -2.07. The fourth-order valence-corrected chi connectivity index (χ4v) is 2.27. The number of aromatic nitrogens is 1. The van der Waals surface area contributed by atoms with Gasteiger partial charge in [0.15, 0.2) is 5.13 Å². The molecule has 0 radical (unpaired) electrons. The molecule has 68 valence electrons. The number of hydrogen-bond donors (Lipinski definition) is 0. The Hall–Kier alpha value is -1.08. The number of nitrogens with zero attached hydrogens (tertiary/aromatic N) is 3. The van der Waals surface area contributed by atoms with Crippen molar-refractivity contribution in [1.29, 1.82) is 5.26 Å². The van der Waals surface area contributed by atoms with Gasteiger partial charge in [-0.15, -0.1) is 11.3 Å². The van der Waals surface area contributed by atoms with Crippen molar-refractivity contribution >= 4 is 16.5 Å². The van der Waals surface area contributed by atoms with Crippen molar-refractivity contribution in [3.05, 3.63) is 11.1 Å². The molecule has 1 saturated carbocycles. The summed E-state index contributed by atoms with van der Waals surface area (Å²) in [6.45, 7) is 0. The minimum Gasteiger partial charge on any atom is -0.354 e. The third kappa shape index (κ3) is 1.29. The number of anilines is 1. The van der Waals surface area contributed by atoms with Crippen molar-refractivity contribution in [3.63, 3.8) is 0 Å². The van der Waals surface area contributed by atoms with Crippen molar-refractivity contribution in [1.82, 2.24) is 4.98 Å². The Balaban J connectivity index is 2.29. The predicted molar refractivity (Wildman–Crippen MR) is 53.0 cm³/mol. The Kier molecular flexibility index (Phi) is 1.77. The van der Waals surface area contributed by atoms with Crippen LogP contribution in [0.2, 0.25) is 0 Å². The van der Waals surface area contributed by atoms with Gasteiger partial charge in [0.25, 0.3) is 0 Å². The van der Waals surface area contributed by atoms with E-state index in [1.165, 1.54) is 0 Å². The van der Waals surface area contributed by atoms with E-state index in [2.05, 4.69) is 11.1 Å². The maximum atomic E-state index is 8.97. The minimum atomic E-state index is -0.175. The van der Waals surface area contributed by atoms with Crippen molar-refractivity contribution in [2.75, 3.05) is 19.0 Å². The molecule has 1 aliphatic rings. The minimum absolute atomic E-state index is 0.175. The van der Waals surface area contributed by atoms with Gasteiger partial charge < -0.3 is 4.90 Å². The highest BCUT2D eigenvalue weighted by molar-refractivity contribution is 7.15. The third-order valence-electron chi connectivity index (χ3n) is 2.31. The molecule has 1 aromatic rings. The molecular weight excluding hydrogens is 182 g/mol. The Bertz CT molecular complexity index is 357. The van der Waals surface area contributed by atoms with Gasteiger partial charge in [-0.1, -0.05) is 0 Å². The first-order chi connectivity index (χ1) is 6.18. The van der Waals surface area contributed by atoms with E-state index < -0.39 is 0 Å². The van der Waals surface area contributed by atoms with Gasteiger partial charge in [-0.3, -0.25) is 0 Å². The summed E-state index contributed by atoms with van der Waals surface area (Å²) in [4.78, 5) is 7.36. The molecule has 0 N–H and O–H groups in total. The van der Waals surface area contributed by atoms with Crippen LogP contribution >= 0.6 is 11.3 Å². The van der Waals surface area contributed by atoms with E-state index in [1.807, 2.05) is 25.2 Å². The van der Waals surface area contributed by atoms with E-state index in [9.17, 15) is 0 Å². The lowest BCUT2D eigenvalue weighted by Gasteiger charge is -2.05. The van der Waals surface area contributed by atoms with E-state index in [0.29, 0.717) is 0 Å². The van der Waals surface area contributed by atoms with Crippen LogP contribution in [0.25, 0.3) is 0 Å². The van der Waals surface area contributed by atoms with Gasteiger partial charge in [-0.25, -0.2) is 4.98 Å². The lowest BCUT2D eigenvalue weighted by molar-refractivity contribution is 0.930. The molecule has 1 fully saturated rings. The first-order valence-electron chi connectivity index (χ1n) is 4.23. The Labute approximate surface area is 81.6 Å². The molecule has 4 heteroatoms. The highest BCUT2D eigenvalue weighted by Crippen LogP contribution is 2.50. The highest BCUT2D eigenvalue weighted by atomic mass is 32.1. The molecule has 0 atom stereocenters. The molecular formula is C9H11N3S. The zero-order valence-electron chi connectivity index (χ0n) is 7.74. The second kappa shape index (κ2) is 2.71. The summed E-state index contributed by atoms with van der Waals surface area (Å²) in [7, 11) is 3.93. The second-order valence-electron chi connectivity index (χ2n) is 3.60. The van der Waals surface area contributed by atoms with Crippen LogP contribution in [0, 0.1) is 11.3 Å². The van der Waals surface area contributed by atoms with Crippen LogP contribution in [0.5, 0.6) is 0 Å². The summed E-state index contributed by atoms with van der Waals surface area (Å²) in [6.07, 6.45) is 3.84. The summed E-state index contributed by atoms with van der Waals surface area (Å²) < 4.78 is 0. The molecule has 0 amide bonds. The summed E-state index contributed by atoms with van der Waals surface area (Å²) in [5.41, 5.74) is -0.175. The van der Waals surface area contributed by atoms with Crippen LogP contribution in [0.15, 0.2) is 6.20 Å². The van der Waals surface area contributed by atoms with Crippen molar-refractivity contribution in [2.24, 2.45) is 0 Å². The normalized spacial score (nSPS) is 17.9. The number of nitriles is 1. The summed E-state index contributed by atoms with van der Waals surface area (Å²) in [5.74, 6) is 0. The molecule has 3 nitrogen and oxygen atoms in total. The standard InChI is InChI=1S/C9H11N3S/c1-12(2)8-11-5-7(13-8)9(6-10)3-4-9/h5H,3-4H2,1-2H3. The van der Waals surface area contributed by atoms with Crippen LogP contribution in [-0.4, -0.2) is 19.1 Å². The number of thiazole rings is 1. The zero-order chi connectivity index (χ0) is 9.47. The first kappa shape index (κ1) is 8.52. The topological polar surface area (TPSA) is 39.9 Å². The average Bonchev–Trinajstić information content (AvgIpc) is 2.75. The van der Waals surface area contributed by atoms with Crippen LogP contribution in [0.3, 0.4) is 0 Å². The van der Waals surface area contributed by atoms with E-state index in [1.54, 1.807) is 11.3 Å². The molecule has 0 aromatic carbocycles. The van der Waals surface area contributed by atoms with E-state index in [0.717, 1.165) is 22.9 Å². The third-order valence-corrected chi connectivity index (χ3v) is 3.68. The molecule has 2 rings (SSSR count). The molecule has 0 saturated heterocycles. The molecule has 0 aliphatic heterocycles. The first-order valence-corrected chi connectivity index (χ1v) is 5.04. The molecule has 0 unspecified atom stereocenters. The Morgan fingerprint density at radius 1 is 1.62 bits per heavy atom. The van der Waals surface area contributed by atoms with Crippen LogP contribution < -0.4 is 4.90 Å². The maximum Gasteiger partial charge on any atom is 0.185 e. The summed E-state index contributed by atoms with van der Waals surface area (Å²) in [5, 5.41) is 9.96. The van der Waals surface area contributed by atoms with Crippen LogP contribution in [0.1, 0.15) is 17.7 Å². The average molecular weight is 193 g/mol. The van der Waals surface area contributed by atoms with E-state index in [-0.39, 0.29) is 5.41 Å². The van der Waals surface area contributed by atoms with Crippen LogP contribution in [0.4, 0.5) is 5.13 Å². The monoisotopic (exact) mass is 193 g/mol. The molecule has 1 heterocycles. The van der Waals surface area contributed by atoms with Gasteiger partial charge in [0.1, 0.15) is 0 Å². The molecule has 0 spiro atoms. The van der Waals surface area contributed by atoms with Gasteiger partial charge in [-0.05, 0) is 12.8 Å². The van der Waals surface area contributed by atoms with E-state index in [4.69, 9.17) is 5.26 Å². The van der Waals surface area contributed by atoms with Crippen molar-refractivity contribution < 1.29 is 0 Å². The largest absolute Gasteiger partial charge is 0.354 e. The molecule has 0 bridgehead atoms. The van der Waals surface area contributed by atoms with Gasteiger partial charge in [0.05, 0.1) is 11.5 Å². The highest BCUT2D eigenvalue weighted by Gasteiger charge is 2.46. The fraction of sp³-hybridized carbons (Fsp3) is 0.556. The number of hydrogen-bond acceptors (Lipinski definition) is 4. The maximum absolute atomic E-state index is 8.97. The van der Waals surface area contributed by atoms with Crippen molar-refractivity contribution in [3.8, 4) is 6.07 Å². The summed E-state index contributed by atoms with van der Waals surface area (Å²) >= 11 is 1.63. The fourth-order valence-electron chi connectivity index (χ4n) is 1.23. The van der Waals surface area contributed by atoms with Gasteiger partial charge in [0.2, 0.25) is 0 Å². The van der Waals surface area contributed by atoms with Gasteiger partial charge in [-0.2, -0.15) is 5.26 Å². The van der Waals surface area contributed by atoms with Gasteiger partial charge >= 0.3 is 0 Å². The SMILES string of the molecule is CN(C)c1ncc(C2(C#N)CC2)s1. The molecule has 1 aliphatic carbocycles. The zero-order valence-corrected chi connectivity index (χ0v) is 8.56. The summed E-state index contributed by atoms with van der Waals surface area (Å²) in [6, 6.07) is 2.37. The second-order valence-corrected chi connectivity index (χ2v) is 4.60. The molecule has 13 heavy (non-hydrogen) atoms. The van der Waals surface area contributed by atoms with Crippen molar-refractivity contribution in [2.45, 2.75) is 18.3 Å².